The van der Waals surface area contributed by atoms with Gasteiger partial charge >= 0.3 is 0 Å². The summed E-state index contributed by atoms with van der Waals surface area (Å²) in [7, 11) is 0. The first-order chi connectivity index (χ1) is 15.7. The number of nitrogens with one attached hydrogen (secondary N) is 2. The van der Waals surface area contributed by atoms with Crippen LogP contribution in [0.15, 0.2) is 59.2 Å². The summed E-state index contributed by atoms with van der Waals surface area (Å²) < 4.78 is 3.75. The molecule has 5 heterocycles. The van der Waals surface area contributed by atoms with E-state index in [0.29, 0.717) is 28.2 Å². The molecular formula is C21H19N9OS. The molecule has 32 heavy (non-hydrogen) atoms. The molecule has 0 unspecified atom stereocenters. The van der Waals surface area contributed by atoms with Gasteiger partial charge in [-0.1, -0.05) is 0 Å². The lowest BCUT2D eigenvalue weighted by Gasteiger charge is -2.14. The fourth-order valence-corrected chi connectivity index (χ4v) is 4.87. The van der Waals surface area contributed by atoms with Crippen LogP contribution >= 0.6 is 11.3 Å². The minimum Gasteiger partial charge on any atom is -0.367 e. The molecule has 0 spiro atoms. The molecule has 11 heteroatoms. The maximum absolute atomic E-state index is 12.6. The van der Waals surface area contributed by atoms with E-state index in [1.807, 2.05) is 35.8 Å². The standard InChI is InChI=1S/C21H19N9OS/c31-19-18-13(6-9-32-18)11-24-30(19)16-4-5-17(23-12-16)25-14-2-3-15(10-14)26-20-27-21-22-7-1-8-29(21)28-20/h1,4-9,11-12,14-15H,2-3,10H2,(H,23,25)(H,26,28)/t14-,15-/m0/s1. The Hall–Kier alpha value is -3.86. The molecule has 1 saturated carbocycles. The highest BCUT2D eigenvalue weighted by Crippen LogP contribution is 2.25. The van der Waals surface area contributed by atoms with E-state index in [9.17, 15) is 4.79 Å². The van der Waals surface area contributed by atoms with Crippen molar-refractivity contribution in [1.82, 2.24) is 34.3 Å². The monoisotopic (exact) mass is 445 g/mol. The Kier molecular flexibility index (Phi) is 4.53. The van der Waals surface area contributed by atoms with Crippen LogP contribution < -0.4 is 16.2 Å². The van der Waals surface area contributed by atoms with Crippen LogP contribution in [0.25, 0.3) is 21.6 Å². The van der Waals surface area contributed by atoms with E-state index < -0.39 is 0 Å². The number of rotatable bonds is 5. The first-order valence-corrected chi connectivity index (χ1v) is 11.2. The molecule has 10 nitrogen and oxygen atoms in total. The average molecular weight is 446 g/mol. The number of pyridine rings is 1. The molecule has 0 saturated heterocycles. The van der Waals surface area contributed by atoms with Crippen molar-refractivity contribution in [1.29, 1.82) is 0 Å². The molecular weight excluding hydrogens is 426 g/mol. The van der Waals surface area contributed by atoms with Crippen LogP contribution in [0.4, 0.5) is 11.8 Å². The second-order valence-electron chi connectivity index (χ2n) is 7.76. The van der Waals surface area contributed by atoms with Gasteiger partial charge in [0.15, 0.2) is 0 Å². The molecule has 0 aliphatic heterocycles. The number of thiophene rings is 1. The lowest BCUT2D eigenvalue weighted by Crippen LogP contribution is -2.22. The molecule has 0 radical (unpaired) electrons. The third-order valence-electron chi connectivity index (χ3n) is 5.62. The van der Waals surface area contributed by atoms with Crippen molar-refractivity contribution in [2.45, 2.75) is 31.3 Å². The molecule has 6 rings (SSSR count). The highest BCUT2D eigenvalue weighted by Gasteiger charge is 2.26. The third kappa shape index (κ3) is 3.46. The largest absolute Gasteiger partial charge is 0.367 e. The number of hydrogen-bond donors (Lipinski definition) is 2. The Labute approximate surface area is 186 Å². The smallest absolute Gasteiger partial charge is 0.289 e. The highest BCUT2D eigenvalue weighted by molar-refractivity contribution is 7.17. The Morgan fingerprint density at radius 3 is 2.81 bits per heavy atom. The number of anilines is 2. The molecule has 1 aliphatic rings. The molecule has 0 amide bonds. The summed E-state index contributed by atoms with van der Waals surface area (Å²) in [5, 5.41) is 18.3. The van der Waals surface area contributed by atoms with Gasteiger partial charge < -0.3 is 10.6 Å². The van der Waals surface area contributed by atoms with Gasteiger partial charge in [0.25, 0.3) is 11.3 Å². The maximum atomic E-state index is 12.6. The topological polar surface area (TPSA) is 115 Å². The summed E-state index contributed by atoms with van der Waals surface area (Å²) in [5.41, 5.74) is 0.522. The SMILES string of the molecule is O=c1c2sccc2cnn1-c1ccc(N[C@H]2CC[C@H](Nc3nc4ncccn4n3)C2)nc1. The van der Waals surface area contributed by atoms with Crippen LogP contribution in [0, 0.1) is 0 Å². The van der Waals surface area contributed by atoms with Crippen molar-refractivity contribution in [3.05, 3.63) is 64.8 Å². The van der Waals surface area contributed by atoms with Crippen molar-refractivity contribution in [2.24, 2.45) is 0 Å². The van der Waals surface area contributed by atoms with Crippen LogP contribution in [-0.4, -0.2) is 46.4 Å². The van der Waals surface area contributed by atoms with Gasteiger partial charge in [-0.15, -0.1) is 16.4 Å². The van der Waals surface area contributed by atoms with E-state index >= 15 is 0 Å². The van der Waals surface area contributed by atoms with Crippen molar-refractivity contribution in [3.63, 3.8) is 0 Å². The van der Waals surface area contributed by atoms with E-state index in [1.165, 1.54) is 16.0 Å². The molecule has 2 atom stereocenters. The van der Waals surface area contributed by atoms with Gasteiger partial charge in [0.2, 0.25) is 5.95 Å². The summed E-state index contributed by atoms with van der Waals surface area (Å²) in [4.78, 5) is 25.8. The van der Waals surface area contributed by atoms with Crippen molar-refractivity contribution in [3.8, 4) is 5.69 Å². The highest BCUT2D eigenvalue weighted by atomic mass is 32.1. The van der Waals surface area contributed by atoms with Crippen molar-refractivity contribution < 1.29 is 0 Å². The van der Waals surface area contributed by atoms with Gasteiger partial charge in [0.1, 0.15) is 10.5 Å². The van der Waals surface area contributed by atoms with E-state index in [2.05, 4.69) is 35.8 Å². The average Bonchev–Trinajstić information content (AvgIpc) is 3.54. The van der Waals surface area contributed by atoms with Gasteiger partial charge in [-0.25, -0.2) is 14.5 Å². The first-order valence-electron chi connectivity index (χ1n) is 10.4. The number of fused-ring (bicyclic) bond motifs is 2. The summed E-state index contributed by atoms with van der Waals surface area (Å²) >= 11 is 1.42. The van der Waals surface area contributed by atoms with Crippen LogP contribution in [0.1, 0.15) is 19.3 Å². The van der Waals surface area contributed by atoms with E-state index in [4.69, 9.17) is 0 Å². The Balaban J connectivity index is 1.11. The fourth-order valence-electron chi connectivity index (χ4n) is 4.07. The maximum Gasteiger partial charge on any atom is 0.289 e. The van der Waals surface area contributed by atoms with Gasteiger partial charge in [-0.2, -0.15) is 14.8 Å². The Bertz CT molecular complexity index is 1420. The molecule has 160 valence electrons. The molecule has 2 N–H and O–H groups in total. The van der Waals surface area contributed by atoms with Gasteiger partial charge in [-0.05, 0) is 48.9 Å². The zero-order valence-electron chi connectivity index (χ0n) is 16.9. The second kappa shape index (κ2) is 7.68. The van der Waals surface area contributed by atoms with Crippen molar-refractivity contribution in [2.75, 3.05) is 10.6 Å². The minimum atomic E-state index is -0.125. The summed E-state index contributed by atoms with van der Waals surface area (Å²) in [6.07, 6.45) is 9.88. The second-order valence-corrected chi connectivity index (χ2v) is 8.68. The van der Waals surface area contributed by atoms with E-state index in [0.717, 1.165) is 30.5 Å². The zero-order chi connectivity index (χ0) is 21.5. The normalized spacial score (nSPS) is 18.4. The third-order valence-corrected chi connectivity index (χ3v) is 6.54. The zero-order valence-corrected chi connectivity index (χ0v) is 17.7. The van der Waals surface area contributed by atoms with Crippen LogP contribution in [-0.2, 0) is 0 Å². The number of hydrogen-bond acceptors (Lipinski definition) is 9. The summed E-state index contributed by atoms with van der Waals surface area (Å²) in [5.74, 6) is 1.95. The molecule has 5 aromatic rings. The van der Waals surface area contributed by atoms with Gasteiger partial charge in [0.05, 0.1) is 18.1 Å². The summed E-state index contributed by atoms with van der Waals surface area (Å²) in [6, 6.07) is 8.05. The molecule has 5 aromatic heterocycles. The lowest BCUT2D eigenvalue weighted by atomic mass is 10.2. The lowest BCUT2D eigenvalue weighted by molar-refractivity contribution is 0.716. The van der Waals surface area contributed by atoms with E-state index in [-0.39, 0.29) is 11.6 Å². The Morgan fingerprint density at radius 1 is 1.06 bits per heavy atom. The predicted molar refractivity (Wildman–Crippen MR) is 122 cm³/mol. The van der Waals surface area contributed by atoms with E-state index in [1.54, 1.807) is 23.1 Å². The minimum absolute atomic E-state index is 0.125. The van der Waals surface area contributed by atoms with Crippen LogP contribution in [0.5, 0.6) is 0 Å². The number of aromatic nitrogens is 7. The Morgan fingerprint density at radius 2 is 1.97 bits per heavy atom. The number of nitrogens with zero attached hydrogens (tertiary/aromatic N) is 7. The summed E-state index contributed by atoms with van der Waals surface area (Å²) in [6.45, 7) is 0. The molecule has 1 aliphatic carbocycles. The van der Waals surface area contributed by atoms with Crippen molar-refractivity contribution >= 4 is 39.0 Å². The van der Waals surface area contributed by atoms with Gasteiger partial charge in [-0.3, -0.25) is 4.79 Å². The quantitative estimate of drug-likeness (QED) is 0.424. The van der Waals surface area contributed by atoms with Gasteiger partial charge in [0, 0.05) is 29.9 Å². The molecule has 1 fully saturated rings. The predicted octanol–water partition coefficient (Wildman–Crippen LogP) is 2.73. The molecule has 0 aromatic carbocycles. The first kappa shape index (κ1) is 18.9. The molecule has 0 bridgehead atoms. The van der Waals surface area contributed by atoms with Crippen LogP contribution in [0.3, 0.4) is 0 Å². The fraction of sp³-hybridized carbons (Fsp3) is 0.238. The van der Waals surface area contributed by atoms with Crippen LogP contribution in [0.2, 0.25) is 0 Å².